The van der Waals surface area contributed by atoms with Gasteiger partial charge in [-0.25, -0.2) is 9.97 Å². The van der Waals surface area contributed by atoms with Crippen LogP contribution in [0.15, 0.2) is 97.1 Å². The Balaban J connectivity index is 1.35. The Morgan fingerprint density at radius 2 is 0.750 bits per heavy atom. The first-order valence-electron chi connectivity index (χ1n) is 25.6. The molecule has 8 heteroatoms. The van der Waals surface area contributed by atoms with Gasteiger partial charge in [0.2, 0.25) is 0 Å². The third-order valence-electron chi connectivity index (χ3n) is 13.8. The van der Waals surface area contributed by atoms with Gasteiger partial charge in [0.15, 0.2) is 0 Å². The van der Waals surface area contributed by atoms with Crippen LogP contribution in [0.2, 0.25) is 0 Å². The average Bonchev–Trinajstić information content (AvgIpc) is 4.19. The molecule has 2 N–H and O–H groups in total. The van der Waals surface area contributed by atoms with Crippen LogP contribution in [0.25, 0.3) is 90.9 Å². The number of hydrogen-bond donors (Lipinski definition) is 2. The summed E-state index contributed by atoms with van der Waals surface area (Å²) in [6.07, 6.45) is 15.0. The topological polar surface area (TPSA) is 110 Å². The number of para-hydroxylation sites is 2. The largest absolute Gasteiger partial charge is 0.493 e. The predicted molar refractivity (Wildman–Crippen MR) is 298 cm³/mol. The summed E-state index contributed by atoms with van der Waals surface area (Å²) < 4.78 is 13.3. The van der Waals surface area contributed by atoms with Crippen molar-refractivity contribution in [1.29, 1.82) is 0 Å². The molecular formula is C64H66N4O4. The van der Waals surface area contributed by atoms with Gasteiger partial charge in [0, 0.05) is 68.3 Å². The van der Waals surface area contributed by atoms with Crippen molar-refractivity contribution in [2.45, 2.75) is 107 Å². The Morgan fingerprint density at radius 3 is 1.11 bits per heavy atom. The van der Waals surface area contributed by atoms with Crippen LogP contribution in [0, 0.1) is 41.5 Å². The van der Waals surface area contributed by atoms with E-state index in [9.17, 15) is 9.59 Å². The van der Waals surface area contributed by atoms with Crippen molar-refractivity contribution in [3.05, 3.63) is 153 Å². The van der Waals surface area contributed by atoms with Crippen molar-refractivity contribution in [2.75, 3.05) is 13.2 Å². The first kappa shape index (κ1) is 49.4. The van der Waals surface area contributed by atoms with Crippen LogP contribution in [0.3, 0.4) is 0 Å². The molecule has 2 aliphatic rings. The van der Waals surface area contributed by atoms with Crippen LogP contribution in [0.4, 0.5) is 0 Å². The van der Waals surface area contributed by atoms with E-state index in [0.717, 1.165) is 162 Å². The molecule has 0 unspecified atom stereocenters. The van der Waals surface area contributed by atoms with Crippen LogP contribution in [-0.4, -0.2) is 44.7 Å². The third kappa shape index (κ3) is 10.7. The second-order valence-corrected chi connectivity index (χ2v) is 19.8. The summed E-state index contributed by atoms with van der Waals surface area (Å²) >= 11 is 0. The molecule has 0 aliphatic carbocycles. The number of carbonyl (C=O) groups excluding carboxylic acids is 2. The summed E-state index contributed by atoms with van der Waals surface area (Å²) in [7, 11) is 0. The second-order valence-electron chi connectivity index (χ2n) is 19.8. The van der Waals surface area contributed by atoms with Crippen LogP contribution in [0.5, 0.6) is 11.5 Å². The fraction of sp³-hybridized carbons (Fsp3) is 0.281. The van der Waals surface area contributed by atoms with E-state index in [1.54, 1.807) is 13.8 Å². The summed E-state index contributed by atoms with van der Waals surface area (Å²) in [5.74, 6) is 1.99. The summed E-state index contributed by atoms with van der Waals surface area (Å²) in [6, 6.07) is 34.2. The lowest BCUT2D eigenvalue weighted by molar-refractivity contribution is -0.118. The van der Waals surface area contributed by atoms with Crippen molar-refractivity contribution >= 4 is 57.9 Å². The number of Topliss-reactive ketones (excluding diaryl/α,β-unsaturated/α-hetero) is 2. The number of ether oxygens (including phenoxy) is 2. The van der Waals surface area contributed by atoms with E-state index in [2.05, 4.69) is 149 Å². The quantitative estimate of drug-likeness (QED) is 0.0829. The highest BCUT2D eigenvalue weighted by atomic mass is 16.5. The zero-order chi connectivity index (χ0) is 50.5. The van der Waals surface area contributed by atoms with Crippen LogP contribution in [-0.2, 0) is 9.59 Å². The molecule has 9 rings (SSSR count). The van der Waals surface area contributed by atoms with Gasteiger partial charge >= 0.3 is 0 Å². The Bertz CT molecular complexity index is 3180. The molecule has 4 aromatic carbocycles. The lowest BCUT2D eigenvalue weighted by Crippen LogP contribution is -2.00. The van der Waals surface area contributed by atoms with E-state index in [1.807, 2.05) is 24.3 Å². The minimum atomic E-state index is 0.220. The molecule has 0 saturated heterocycles. The molecule has 3 aromatic heterocycles. The molecule has 8 nitrogen and oxygen atoms in total. The highest BCUT2D eigenvalue weighted by Gasteiger charge is 2.23. The number of H-pyrrole nitrogens is 2. The normalized spacial score (nSPS) is 11.9. The SMILES string of the molecule is CC(=O)CCCCCOc1ccccc1-c1c2nc(c(-c3c(C)cc(C)cc3C)c3ccc([nH]3)c(-c3ccccc3OCCCCCC(C)=O)c3nc(c(-c4c(C)cc(C)cc4C)c4ccc1[nH]4)C=C3)C=C2. The van der Waals surface area contributed by atoms with Gasteiger partial charge in [-0.1, -0.05) is 71.8 Å². The van der Waals surface area contributed by atoms with E-state index in [4.69, 9.17) is 19.4 Å². The maximum atomic E-state index is 11.7. The van der Waals surface area contributed by atoms with Crippen LogP contribution in [0.1, 0.15) is 121 Å². The van der Waals surface area contributed by atoms with E-state index in [-0.39, 0.29) is 11.6 Å². The molecule has 0 atom stereocenters. The number of hydrogen-bond acceptors (Lipinski definition) is 6. The summed E-state index contributed by atoms with van der Waals surface area (Å²) in [6.45, 7) is 17.4. The number of benzene rings is 4. The number of carbonyl (C=O) groups is 2. The minimum Gasteiger partial charge on any atom is -0.493 e. The molecular weight excluding hydrogens is 889 g/mol. The van der Waals surface area contributed by atoms with E-state index >= 15 is 0 Å². The molecule has 366 valence electrons. The summed E-state index contributed by atoms with van der Waals surface area (Å²) in [5.41, 5.74) is 22.0. The maximum absolute atomic E-state index is 11.7. The third-order valence-corrected chi connectivity index (χ3v) is 13.8. The van der Waals surface area contributed by atoms with Crippen molar-refractivity contribution in [3.8, 4) is 56.0 Å². The summed E-state index contributed by atoms with van der Waals surface area (Å²) in [4.78, 5) is 42.5. The number of fused-ring (bicyclic) bond motifs is 8. The maximum Gasteiger partial charge on any atom is 0.129 e. The standard InChI is InChI=1S/C64H66N4O4/c1-39-35-41(3)59(42(4)36-39)63-53-29-25-49(65-53)61(47-21-13-15-23-57(47)71-33-17-9-11-19-45(7)69)51-27-31-55(67-51)64(60-43(5)37-40(2)38-44(60)6)56-32-28-52(68-56)62(50-26-30-54(63)66-50)48-22-14-16-24-58(48)72-34-18-10-12-20-46(8)70/h13-16,21-32,35-38,65,68H,9-12,17-20,33-34H2,1-8H3. The van der Waals surface area contributed by atoms with Crippen molar-refractivity contribution in [1.82, 2.24) is 19.9 Å². The summed E-state index contributed by atoms with van der Waals surface area (Å²) in [5, 5.41) is 0. The van der Waals surface area contributed by atoms with E-state index in [1.165, 1.54) is 11.1 Å². The number of rotatable bonds is 18. The molecule has 2 aliphatic heterocycles. The van der Waals surface area contributed by atoms with Gasteiger partial charge < -0.3 is 29.0 Å². The molecule has 8 bridgehead atoms. The van der Waals surface area contributed by atoms with Crippen molar-refractivity contribution in [2.24, 2.45) is 0 Å². The molecule has 0 fully saturated rings. The average molecular weight is 955 g/mol. The number of aryl methyl sites for hydroxylation is 6. The number of ketones is 2. The number of nitrogens with zero attached hydrogens (tertiary/aromatic N) is 2. The monoisotopic (exact) mass is 955 g/mol. The van der Waals surface area contributed by atoms with Gasteiger partial charge in [0.1, 0.15) is 23.1 Å². The Kier molecular flexibility index (Phi) is 15.0. The Hall–Kier alpha value is -7.58. The van der Waals surface area contributed by atoms with Crippen molar-refractivity contribution < 1.29 is 19.1 Å². The molecule has 5 heterocycles. The highest BCUT2D eigenvalue weighted by Crippen LogP contribution is 2.43. The Morgan fingerprint density at radius 1 is 0.417 bits per heavy atom. The first-order valence-corrected chi connectivity index (χ1v) is 25.6. The van der Waals surface area contributed by atoms with E-state index in [0.29, 0.717) is 26.1 Å². The lowest BCUT2D eigenvalue weighted by atomic mass is 9.92. The van der Waals surface area contributed by atoms with Crippen LogP contribution >= 0.6 is 0 Å². The van der Waals surface area contributed by atoms with Crippen LogP contribution < -0.4 is 9.47 Å². The molecule has 72 heavy (non-hydrogen) atoms. The van der Waals surface area contributed by atoms with Gasteiger partial charge in [-0.15, -0.1) is 0 Å². The van der Waals surface area contributed by atoms with Gasteiger partial charge in [0.05, 0.1) is 36.0 Å². The Labute approximate surface area is 424 Å². The number of unbranched alkanes of at least 4 members (excludes halogenated alkanes) is 4. The van der Waals surface area contributed by atoms with Gasteiger partial charge in [-0.2, -0.15) is 0 Å². The highest BCUT2D eigenvalue weighted by molar-refractivity contribution is 6.01. The fourth-order valence-electron chi connectivity index (χ4n) is 10.7. The zero-order valence-corrected chi connectivity index (χ0v) is 43.1. The molecule has 0 saturated carbocycles. The second kappa shape index (κ2) is 21.8. The molecule has 7 aromatic rings. The zero-order valence-electron chi connectivity index (χ0n) is 43.1. The predicted octanol–water partition coefficient (Wildman–Crippen LogP) is 16.2. The smallest absolute Gasteiger partial charge is 0.129 e. The van der Waals surface area contributed by atoms with Crippen molar-refractivity contribution in [3.63, 3.8) is 0 Å². The fourth-order valence-corrected chi connectivity index (χ4v) is 10.7. The number of nitrogens with one attached hydrogen (secondary N) is 2. The van der Waals surface area contributed by atoms with Gasteiger partial charge in [-0.3, -0.25) is 0 Å². The van der Waals surface area contributed by atoms with Gasteiger partial charge in [-0.05, 0) is 188 Å². The first-order chi connectivity index (χ1) is 34.8. The molecule has 0 spiro atoms. The molecule has 0 amide bonds. The molecule has 0 radical (unpaired) electrons. The number of aromatic amines is 2. The minimum absolute atomic E-state index is 0.220. The van der Waals surface area contributed by atoms with E-state index < -0.39 is 0 Å². The lowest BCUT2D eigenvalue weighted by Gasteiger charge is -2.14. The van der Waals surface area contributed by atoms with Gasteiger partial charge in [0.25, 0.3) is 0 Å². The number of aromatic nitrogens is 4.